The van der Waals surface area contributed by atoms with Crippen LogP contribution in [0.15, 0.2) is 16.6 Å². The van der Waals surface area contributed by atoms with Crippen molar-refractivity contribution in [3.05, 3.63) is 22.2 Å². The summed E-state index contributed by atoms with van der Waals surface area (Å²) in [5.74, 6) is -0.370. The zero-order valence-corrected chi connectivity index (χ0v) is 8.80. The number of halogens is 1. The van der Waals surface area contributed by atoms with Gasteiger partial charge in [0.1, 0.15) is 12.4 Å². The monoisotopic (exact) mass is 257 g/mol. The second kappa shape index (κ2) is 3.49. The number of benzene rings is 1. The molecule has 5 heteroatoms. The molecular formula is C9H8BrNO3. The van der Waals surface area contributed by atoms with Gasteiger partial charge in [0.25, 0.3) is 0 Å². The Kier molecular flexibility index (Phi) is 2.33. The SMILES string of the molecule is O=C(O)c1cc(Br)c2c(c1)OCCN2. The molecule has 1 aromatic carbocycles. The lowest BCUT2D eigenvalue weighted by atomic mass is 10.2. The van der Waals surface area contributed by atoms with E-state index < -0.39 is 5.97 Å². The fourth-order valence-corrected chi connectivity index (χ4v) is 1.91. The molecule has 1 aromatic rings. The largest absolute Gasteiger partial charge is 0.490 e. The molecule has 0 saturated heterocycles. The Morgan fingerprint density at radius 3 is 3.07 bits per heavy atom. The number of hydrogen-bond acceptors (Lipinski definition) is 3. The zero-order valence-electron chi connectivity index (χ0n) is 7.21. The second-order valence-electron chi connectivity index (χ2n) is 2.91. The van der Waals surface area contributed by atoms with Gasteiger partial charge in [0.15, 0.2) is 0 Å². The Morgan fingerprint density at radius 2 is 2.36 bits per heavy atom. The number of carboxylic acid groups (broad SMARTS) is 1. The average Bonchev–Trinajstić information content (AvgIpc) is 2.17. The van der Waals surface area contributed by atoms with Crippen molar-refractivity contribution in [2.24, 2.45) is 0 Å². The molecule has 0 unspecified atom stereocenters. The summed E-state index contributed by atoms with van der Waals surface area (Å²) in [6, 6.07) is 3.08. The average molecular weight is 258 g/mol. The molecule has 2 N–H and O–H groups in total. The number of ether oxygens (including phenoxy) is 1. The number of anilines is 1. The smallest absolute Gasteiger partial charge is 0.335 e. The second-order valence-corrected chi connectivity index (χ2v) is 3.77. The first-order chi connectivity index (χ1) is 6.68. The normalized spacial score (nSPS) is 13.8. The maximum atomic E-state index is 10.7. The number of carbonyl (C=O) groups is 1. The van der Waals surface area contributed by atoms with Crippen LogP contribution in [0.1, 0.15) is 10.4 Å². The molecule has 0 bridgehead atoms. The van der Waals surface area contributed by atoms with Gasteiger partial charge in [0.2, 0.25) is 0 Å². The standard InChI is InChI=1S/C9H8BrNO3/c10-6-3-5(9(12)13)4-7-8(6)11-1-2-14-7/h3-4,11H,1-2H2,(H,12,13). The Bertz CT molecular complexity index is 392. The zero-order chi connectivity index (χ0) is 10.1. The van der Waals surface area contributed by atoms with Gasteiger partial charge in [-0.15, -0.1) is 0 Å². The van der Waals surface area contributed by atoms with E-state index in [-0.39, 0.29) is 5.56 Å². The molecule has 1 heterocycles. The van der Waals surface area contributed by atoms with Crippen molar-refractivity contribution in [2.75, 3.05) is 18.5 Å². The van der Waals surface area contributed by atoms with Crippen molar-refractivity contribution in [3.8, 4) is 5.75 Å². The van der Waals surface area contributed by atoms with E-state index in [9.17, 15) is 4.79 Å². The summed E-state index contributed by atoms with van der Waals surface area (Å²) in [6.45, 7) is 1.29. The number of carboxylic acids is 1. The Morgan fingerprint density at radius 1 is 1.57 bits per heavy atom. The van der Waals surface area contributed by atoms with E-state index in [1.165, 1.54) is 6.07 Å². The molecule has 1 aliphatic heterocycles. The number of fused-ring (bicyclic) bond motifs is 1. The highest BCUT2D eigenvalue weighted by Crippen LogP contribution is 2.35. The van der Waals surface area contributed by atoms with Gasteiger partial charge in [-0.05, 0) is 28.1 Å². The van der Waals surface area contributed by atoms with Crippen molar-refractivity contribution >= 4 is 27.6 Å². The van der Waals surface area contributed by atoms with Crippen molar-refractivity contribution in [1.82, 2.24) is 0 Å². The molecule has 0 aliphatic carbocycles. The number of hydrogen-bond donors (Lipinski definition) is 2. The summed E-state index contributed by atoms with van der Waals surface area (Å²) in [6.07, 6.45) is 0. The minimum absolute atomic E-state index is 0.222. The van der Waals surface area contributed by atoms with Crippen LogP contribution in [0.3, 0.4) is 0 Å². The predicted octanol–water partition coefficient (Wildman–Crippen LogP) is 1.95. The van der Waals surface area contributed by atoms with Crippen LogP contribution in [0.5, 0.6) is 5.75 Å². The van der Waals surface area contributed by atoms with E-state index in [4.69, 9.17) is 9.84 Å². The van der Waals surface area contributed by atoms with E-state index >= 15 is 0 Å². The summed E-state index contributed by atoms with van der Waals surface area (Å²) in [5, 5.41) is 11.9. The van der Waals surface area contributed by atoms with Gasteiger partial charge in [-0.2, -0.15) is 0 Å². The summed E-state index contributed by atoms with van der Waals surface area (Å²) >= 11 is 3.30. The minimum Gasteiger partial charge on any atom is -0.490 e. The van der Waals surface area contributed by atoms with Crippen LogP contribution in [-0.4, -0.2) is 24.2 Å². The third kappa shape index (κ3) is 1.55. The van der Waals surface area contributed by atoms with Crippen LogP contribution in [-0.2, 0) is 0 Å². The van der Waals surface area contributed by atoms with Crippen LogP contribution >= 0.6 is 15.9 Å². The molecule has 0 saturated carbocycles. The number of nitrogens with one attached hydrogen (secondary N) is 1. The van der Waals surface area contributed by atoms with E-state index in [1.54, 1.807) is 6.07 Å². The number of aromatic carboxylic acids is 1. The minimum atomic E-state index is -0.956. The van der Waals surface area contributed by atoms with Crippen molar-refractivity contribution in [3.63, 3.8) is 0 Å². The molecule has 0 atom stereocenters. The summed E-state index contributed by atoms with van der Waals surface area (Å²) in [4.78, 5) is 10.7. The quantitative estimate of drug-likeness (QED) is 0.808. The molecule has 0 aromatic heterocycles. The van der Waals surface area contributed by atoms with Gasteiger partial charge in [-0.25, -0.2) is 4.79 Å². The van der Waals surface area contributed by atoms with Crippen molar-refractivity contribution in [2.45, 2.75) is 0 Å². The lowest BCUT2D eigenvalue weighted by Crippen LogP contribution is -2.18. The van der Waals surface area contributed by atoms with Gasteiger partial charge in [-0.1, -0.05) is 0 Å². The fraction of sp³-hybridized carbons (Fsp3) is 0.222. The van der Waals surface area contributed by atoms with Crippen LogP contribution in [0, 0.1) is 0 Å². The van der Waals surface area contributed by atoms with Crippen LogP contribution < -0.4 is 10.1 Å². The predicted molar refractivity (Wildman–Crippen MR) is 55.1 cm³/mol. The van der Waals surface area contributed by atoms with Gasteiger partial charge in [0.05, 0.1) is 11.3 Å². The number of rotatable bonds is 1. The molecule has 0 fully saturated rings. The van der Waals surface area contributed by atoms with Gasteiger partial charge < -0.3 is 15.2 Å². The topological polar surface area (TPSA) is 58.6 Å². The van der Waals surface area contributed by atoms with Crippen LogP contribution in [0.2, 0.25) is 0 Å². The van der Waals surface area contributed by atoms with Gasteiger partial charge in [-0.3, -0.25) is 0 Å². The summed E-state index contributed by atoms with van der Waals surface area (Å²) in [5.41, 5.74) is 1.04. The molecular weight excluding hydrogens is 250 g/mol. The Labute approximate surface area is 89.0 Å². The molecule has 14 heavy (non-hydrogen) atoms. The third-order valence-electron chi connectivity index (χ3n) is 1.96. The molecule has 0 radical (unpaired) electrons. The van der Waals surface area contributed by atoms with Crippen LogP contribution in [0.4, 0.5) is 5.69 Å². The third-order valence-corrected chi connectivity index (χ3v) is 2.59. The molecule has 0 amide bonds. The lowest BCUT2D eigenvalue weighted by Gasteiger charge is -2.20. The summed E-state index contributed by atoms with van der Waals surface area (Å²) < 4.78 is 6.05. The first kappa shape index (κ1) is 9.33. The first-order valence-electron chi connectivity index (χ1n) is 4.12. The van der Waals surface area contributed by atoms with E-state index in [2.05, 4.69) is 21.2 Å². The molecule has 74 valence electrons. The highest BCUT2D eigenvalue weighted by Gasteiger charge is 2.16. The van der Waals surface area contributed by atoms with Crippen LogP contribution in [0.25, 0.3) is 0 Å². The van der Waals surface area contributed by atoms with E-state index in [1.807, 2.05) is 0 Å². The van der Waals surface area contributed by atoms with Crippen molar-refractivity contribution < 1.29 is 14.6 Å². The Balaban J connectivity index is 2.51. The lowest BCUT2D eigenvalue weighted by molar-refractivity contribution is 0.0696. The molecule has 1 aliphatic rings. The van der Waals surface area contributed by atoms with Crippen molar-refractivity contribution in [1.29, 1.82) is 0 Å². The van der Waals surface area contributed by atoms with Gasteiger partial charge in [0, 0.05) is 11.0 Å². The maximum absolute atomic E-state index is 10.7. The molecule has 0 spiro atoms. The molecule has 2 rings (SSSR count). The van der Waals surface area contributed by atoms with E-state index in [0.717, 1.165) is 12.2 Å². The highest BCUT2D eigenvalue weighted by molar-refractivity contribution is 9.10. The highest BCUT2D eigenvalue weighted by atomic mass is 79.9. The maximum Gasteiger partial charge on any atom is 0.335 e. The first-order valence-corrected chi connectivity index (χ1v) is 4.91. The fourth-order valence-electron chi connectivity index (χ4n) is 1.33. The van der Waals surface area contributed by atoms with Gasteiger partial charge >= 0.3 is 5.97 Å². The Hall–Kier alpha value is -1.23. The summed E-state index contributed by atoms with van der Waals surface area (Å²) in [7, 11) is 0. The van der Waals surface area contributed by atoms with E-state index in [0.29, 0.717) is 16.8 Å². The molecule has 4 nitrogen and oxygen atoms in total.